The number of benzene rings is 1. The van der Waals surface area contributed by atoms with E-state index in [1.807, 2.05) is 11.4 Å². The largest absolute Gasteiger partial charge is 0.491 e. The van der Waals surface area contributed by atoms with Crippen molar-refractivity contribution in [1.82, 2.24) is 9.80 Å². The van der Waals surface area contributed by atoms with Crippen LogP contribution in [-0.2, 0) is 16.0 Å². The summed E-state index contributed by atoms with van der Waals surface area (Å²) in [5.41, 5.74) is 1.06. The van der Waals surface area contributed by atoms with Gasteiger partial charge in [-0.3, -0.25) is 9.59 Å². The molecule has 0 bridgehead atoms. The summed E-state index contributed by atoms with van der Waals surface area (Å²) in [6, 6.07) is 7.71. The highest BCUT2D eigenvalue weighted by Gasteiger charge is 2.33. The van der Waals surface area contributed by atoms with E-state index in [0.29, 0.717) is 25.3 Å². The summed E-state index contributed by atoms with van der Waals surface area (Å²) in [6.07, 6.45) is 2.73. The van der Waals surface area contributed by atoms with E-state index < -0.39 is 0 Å². The summed E-state index contributed by atoms with van der Waals surface area (Å²) in [5, 5.41) is 2.01. The van der Waals surface area contributed by atoms with Crippen molar-refractivity contribution in [2.75, 3.05) is 26.2 Å². The number of thiophene rings is 1. The molecule has 2 amide bonds. The van der Waals surface area contributed by atoms with Crippen molar-refractivity contribution in [3.05, 3.63) is 64.6 Å². The van der Waals surface area contributed by atoms with Gasteiger partial charge in [-0.1, -0.05) is 19.1 Å². The Bertz CT molecular complexity index is 882. The normalized spacial score (nSPS) is 15.5. The molecule has 2 aromatic rings. The van der Waals surface area contributed by atoms with Crippen molar-refractivity contribution in [3.63, 3.8) is 0 Å². The van der Waals surface area contributed by atoms with Gasteiger partial charge in [0, 0.05) is 30.5 Å². The van der Waals surface area contributed by atoms with Crippen molar-refractivity contribution in [2.24, 2.45) is 0 Å². The van der Waals surface area contributed by atoms with Crippen LogP contribution in [0, 0.1) is 5.82 Å². The second-order valence-corrected chi connectivity index (χ2v) is 7.84. The van der Waals surface area contributed by atoms with Crippen LogP contribution in [0.25, 0.3) is 0 Å². The van der Waals surface area contributed by atoms with Gasteiger partial charge in [0.15, 0.2) is 0 Å². The standard InChI is InChI=1S/C22H25FN2O3S/c1-3-10-24(21(26)4-2)14-22(27)25-11-8-20-18(9-12-29-20)19(25)15-28-17-7-5-6-16(23)13-17/h3,5-7,9,12-13,19H,1,4,8,10-11,14-15H2,2H3/t19-/m0/s1. The van der Waals surface area contributed by atoms with E-state index >= 15 is 0 Å². The molecule has 3 rings (SSSR count). The molecule has 0 fully saturated rings. The van der Waals surface area contributed by atoms with Crippen molar-refractivity contribution in [2.45, 2.75) is 25.8 Å². The zero-order valence-corrected chi connectivity index (χ0v) is 17.3. The first kappa shape index (κ1) is 21.0. The highest BCUT2D eigenvalue weighted by atomic mass is 32.1. The lowest BCUT2D eigenvalue weighted by Crippen LogP contribution is -2.47. The summed E-state index contributed by atoms with van der Waals surface area (Å²) in [6.45, 7) is 6.58. The highest BCUT2D eigenvalue weighted by molar-refractivity contribution is 7.10. The van der Waals surface area contributed by atoms with E-state index in [4.69, 9.17) is 4.74 Å². The number of carbonyl (C=O) groups excluding carboxylic acids is 2. The maximum atomic E-state index is 13.5. The quantitative estimate of drug-likeness (QED) is 0.615. The number of amides is 2. The molecule has 2 heterocycles. The van der Waals surface area contributed by atoms with Crippen LogP contribution >= 0.6 is 11.3 Å². The van der Waals surface area contributed by atoms with E-state index in [-0.39, 0.29) is 36.8 Å². The van der Waals surface area contributed by atoms with Crippen molar-refractivity contribution < 1.29 is 18.7 Å². The summed E-state index contributed by atoms with van der Waals surface area (Å²) < 4.78 is 19.3. The SMILES string of the molecule is C=CCN(CC(=O)N1CCc2sccc2[C@@H]1COc1cccc(F)c1)C(=O)CC. The Labute approximate surface area is 174 Å². The molecule has 154 valence electrons. The van der Waals surface area contributed by atoms with Gasteiger partial charge in [0.2, 0.25) is 11.8 Å². The first-order valence-electron chi connectivity index (χ1n) is 9.66. The van der Waals surface area contributed by atoms with Gasteiger partial charge < -0.3 is 14.5 Å². The van der Waals surface area contributed by atoms with Gasteiger partial charge in [0.25, 0.3) is 0 Å². The molecule has 1 aromatic carbocycles. The Morgan fingerprint density at radius 2 is 2.24 bits per heavy atom. The number of fused-ring (bicyclic) bond motifs is 1. The predicted octanol–water partition coefficient (Wildman–Crippen LogP) is 3.82. The Kier molecular flexibility index (Phi) is 7.04. The zero-order valence-electron chi connectivity index (χ0n) is 16.5. The molecule has 0 saturated heterocycles. The van der Waals surface area contributed by atoms with Crippen LogP contribution in [0.15, 0.2) is 48.4 Å². The minimum atomic E-state index is -0.367. The number of nitrogens with zero attached hydrogens (tertiary/aromatic N) is 2. The third-order valence-corrected chi connectivity index (χ3v) is 5.95. The monoisotopic (exact) mass is 416 g/mol. The Balaban J connectivity index is 1.77. The van der Waals surface area contributed by atoms with E-state index in [2.05, 4.69) is 6.58 Å². The molecular formula is C22H25FN2O3S. The molecule has 0 unspecified atom stereocenters. The van der Waals surface area contributed by atoms with Crippen LogP contribution in [0.5, 0.6) is 5.75 Å². The van der Waals surface area contributed by atoms with Gasteiger partial charge in [-0.05, 0) is 35.6 Å². The van der Waals surface area contributed by atoms with Crippen LogP contribution in [-0.4, -0.2) is 47.9 Å². The molecule has 0 spiro atoms. The van der Waals surface area contributed by atoms with Crippen molar-refractivity contribution >= 4 is 23.2 Å². The van der Waals surface area contributed by atoms with Crippen LogP contribution in [0.3, 0.4) is 0 Å². The minimum Gasteiger partial charge on any atom is -0.491 e. The third-order valence-electron chi connectivity index (χ3n) is 4.95. The van der Waals surface area contributed by atoms with Gasteiger partial charge in [-0.15, -0.1) is 17.9 Å². The lowest BCUT2D eigenvalue weighted by Gasteiger charge is -2.37. The average Bonchev–Trinajstić information content (AvgIpc) is 3.20. The van der Waals surface area contributed by atoms with E-state index in [1.54, 1.807) is 41.4 Å². The first-order chi connectivity index (χ1) is 14.0. The van der Waals surface area contributed by atoms with Gasteiger partial charge in [0.1, 0.15) is 24.7 Å². The summed E-state index contributed by atoms with van der Waals surface area (Å²) >= 11 is 1.67. The number of hydrogen-bond acceptors (Lipinski definition) is 4. The van der Waals surface area contributed by atoms with Crippen LogP contribution < -0.4 is 4.74 Å². The van der Waals surface area contributed by atoms with Gasteiger partial charge in [-0.2, -0.15) is 0 Å². The zero-order chi connectivity index (χ0) is 20.8. The molecule has 1 aromatic heterocycles. The topological polar surface area (TPSA) is 49.9 Å². The second-order valence-electron chi connectivity index (χ2n) is 6.84. The highest BCUT2D eigenvalue weighted by Crippen LogP contribution is 2.34. The maximum absolute atomic E-state index is 13.5. The van der Waals surface area contributed by atoms with Crippen molar-refractivity contribution in [1.29, 1.82) is 0 Å². The number of halogens is 1. The molecule has 0 aliphatic carbocycles. The fraction of sp³-hybridized carbons (Fsp3) is 0.364. The lowest BCUT2D eigenvalue weighted by molar-refractivity contribution is -0.142. The molecule has 29 heavy (non-hydrogen) atoms. The summed E-state index contributed by atoms with van der Waals surface area (Å²) in [5.74, 6) is -0.153. The predicted molar refractivity (Wildman–Crippen MR) is 111 cm³/mol. The molecule has 0 radical (unpaired) electrons. The smallest absolute Gasteiger partial charge is 0.242 e. The molecule has 1 aliphatic heterocycles. The van der Waals surface area contributed by atoms with E-state index in [0.717, 1.165) is 12.0 Å². The molecule has 0 N–H and O–H groups in total. The third kappa shape index (κ3) is 5.03. The van der Waals surface area contributed by atoms with Crippen LogP contribution in [0.4, 0.5) is 4.39 Å². The Morgan fingerprint density at radius 3 is 2.97 bits per heavy atom. The Morgan fingerprint density at radius 1 is 1.41 bits per heavy atom. The number of rotatable bonds is 8. The fourth-order valence-electron chi connectivity index (χ4n) is 3.49. The molecule has 1 aliphatic rings. The van der Waals surface area contributed by atoms with E-state index in [1.165, 1.54) is 21.9 Å². The first-order valence-corrected chi connectivity index (χ1v) is 10.5. The Hall–Kier alpha value is -2.67. The lowest BCUT2D eigenvalue weighted by atomic mass is 10.0. The van der Waals surface area contributed by atoms with E-state index in [9.17, 15) is 14.0 Å². The van der Waals surface area contributed by atoms with Crippen LogP contribution in [0.2, 0.25) is 0 Å². The number of ether oxygens (including phenoxy) is 1. The van der Waals surface area contributed by atoms with Gasteiger partial charge in [-0.25, -0.2) is 4.39 Å². The van der Waals surface area contributed by atoms with Gasteiger partial charge in [0.05, 0.1) is 6.04 Å². The fourth-order valence-corrected chi connectivity index (χ4v) is 4.42. The van der Waals surface area contributed by atoms with Crippen LogP contribution in [0.1, 0.15) is 29.8 Å². The van der Waals surface area contributed by atoms with Crippen molar-refractivity contribution in [3.8, 4) is 5.75 Å². The molecular weight excluding hydrogens is 391 g/mol. The van der Waals surface area contributed by atoms with Gasteiger partial charge >= 0.3 is 0 Å². The number of hydrogen-bond donors (Lipinski definition) is 0. The molecule has 7 heteroatoms. The maximum Gasteiger partial charge on any atom is 0.242 e. The second kappa shape index (κ2) is 9.69. The minimum absolute atomic E-state index is 0.00856. The summed E-state index contributed by atoms with van der Waals surface area (Å²) in [4.78, 5) is 29.8. The molecule has 5 nitrogen and oxygen atoms in total. The summed E-state index contributed by atoms with van der Waals surface area (Å²) in [7, 11) is 0. The number of carbonyl (C=O) groups is 2. The average molecular weight is 417 g/mol. The molecule has 1 atom stereocenters. The molecule has 0 saturated carbocycles.